The number of nitrogens with two attached hydrogens (primary N) is 1. The third-order valence-electron chi connectivity index (χ3n) is 2.46. The van der Waals surface area contributed by atoms with Crippen LogP contribution in [-0.4, -0.2) is 7.05 Å². The van der Waals surface area contributed by atoms with Gasteiger partial charge in [-0.2, -0.15) is 0 Å². The fourth-order valence-corrected chi connectivity index (χ4v) is 1.84. The summed E-state index contributed by atoms with van der Waals surface area (Å²) >= 11 is 0. The first kappa shape index (κ1) is 10.2. The van der Waals surface area contributed by atoms with Crippen molar-refractivity contribution in [3.8, 4) is 0 Å². The van der Waals surface area contributed by atoms with Crippen molar-refractivity contribution in [1.82, 2.24) is 0 Å². The molecule has 13 heavy (non-hydrogen) atoms. The molecule has 0 bridgehead atoms. The van der Waals surface area contributed by atoms with Gasteiger partial charge in [0.25, 0.3) is 0 Å². The summed E-state index contributed by atoms with van der Waals surface area (Å²) < 4.78 is 13.1. The lowest BCUT2D eigenvalue weighted by Gasteiger charge is -2.03. The Hall–Kier alpha value is -0.890. The van der Waals surface area contributed by atoms with Gasteiger partial charge in [-0.15, -0.1) is 0 Å². The van der Waals surface area contributed by atoms with Gasteiger partial charge in [0.1, 0.15) is 5.82 Å². The van der Waals surface area contributed by atoms with Gasteiger partial charge in [0.2, 0.25) is 0 Å². The molecular formula is C11H16FN. The Balaban J connectivity index is 0.000000396. The minimum Gasteiger partial charge on any atom is -0.333 e. The summed E-state index contributed by atoms with van der Waals surface area (Å²) in [7, 11) is 1.50. The Morgan fingerprint density at radius 3 is 2.38 bits per heavy atom. The number of aryl methyl sites for hydroxylation is 1. The number of rotatable bonds is 0. The van der Waals surface area contributed by atoms with Gasteiger partial charge >= 0.3 is 0 Å². The van der Waals surface area contributed by atoms with Crippen LogP contribution in [0.3, 0.4) is 0 Å². The number of fused-ring (bicyclic) bond motifs is 1. The Labute approximate surface area is 78.8 Å². The lowest BCUT2D eigenvalue weighted by Crippen LogP contribution is -1.90. The molecule has 1 aromatic rings. The molecule has 0 fully saturated rings. The van der Waals surface area contributed by atoms with E-state index in [0.717, 1.165) is 24.8 Å². The summed E-state index contributed by atoms with van der Waals surface area (Å²) in [5.41, 5.74) is 7.97. The van der Waals surface area contributed by atoms with Crippen LogP contribution >= 0.6 is 0 Å². The van der Waals surface area contributed by atoms with E-state index in [2.05, 4.69) is 12.7 Å². The van der Waals surface area contributed by atoms with E-state index in [0.29, 0.717) is 0 Å². The molecule has 2 rings (SSSR count). The minimum absolute atomic E-state index is 0.0110. The number of hydrogen-bond acceptors (Lipinski definition) is 1. The van der Waals surface area contributed by atoms with Gasteiger partial charge in [-0.3, -0.25) is 0 Å². The van der Waals surface area contributed by atoms with E-state index in [1.54, 1.807) is 6.07 Å². The highest BCUT2D eigenvalue weighted by Gasteiger charge is 2.16. The van der Waals surface area contributed by atoms with Crippen molar-refractivity contribution in [3.05, 3.63) is 34.6 Å². The summed E-state index contributed by atoms with van der Waals surface area (Å²) in [4.78, 5) is 0. The molecule has 0 aromatic heterocycles. The molecular weight excluding hydrogens is 165 g/mol. The predicted molar refractivity (Wildman–Crippen MR) is 53.3 cm³/mol. The predicted octanol–water partition coefficient (Wildman–Crippen LogP) is 2.20. The zero-order valence-electron chi connectivity index (χ0n) is 8.23. The number of hydrogen-bond donors (Lipinski definition) is 1. The summed E-state index contributed by atoms with van der Waals surface area (Å²) in [5, 5.41) is 0. The van der Waals surface area contributed by atoms with Gasteiger partial charge in [-0.1, -0.05) is 6.07 Å². The van der Waals surface area contributed by atoms with Crippen LogP contribution in [0, 0.1) is 12.7 Å². The summed E-state index contributed by atoms with van der Waals surface area (Å²) in [6.07, 6.45) is 3.12. The van der Waals surface area contributed by atoms with E-state index in [-0.39, 0.29) is 5.82 Å². The van der Waals surface area contributed by atoms with E-state index in [4.69, 9.17) is 0 Å². The molecule has 0 unspecified atom stereocenters. The standard InChI is InChI=1S/C10H11F.CH5N/c1-7-5-6-10(11)9-4-2-3-8(7)9;1-2/h5-6H,2-4H2,1H3;2H2,1H3. The molecule has 0 radical (unpaired) electrons. The van der Waals surface area contributed by atoms with Crippen LogP contribution in [-0.2, 0) is 12.8 Å². The molecule has 0 spiro atoms. The van der Waals surface area contributed by atoms with Gasteiger partial charge in [0.15, 0.2) is 0 Å². The molecule has 2 heteroatoms. The van der Waals surface area contributed by atoms with Crippen molar-refractivity contribution in [3.63, 3.8) is 0 Å². The van der Waals surface area contributed by atoms with Crippen molar-refractivity contribution < 1.29 is 4.39 Å². The normalized spacial score (nSPS) is 13.2. The van der Waals surface area contributed by atoms with Gasteiger partial charge < -0.3 is 5.73 Å². The summed E-state index contributed by atoms with van der Waals surface area (Å²) in [5.74, 6) is -0.0110. The van der Waals surface area contributed by atoms with E-state index in [1.165, 1.54) is 18.2 Å². The largest absolute Gasteiger partial charge is 0.333 e. The first-order valence-electron chi connectivity index (χ1n) is 4.63. The number of halogens is 1. The Morgan fingerprint density at radius 2 is 1.77 bits per heavy atom. The Bertz CT molecular complexity index is 265. The Morgan fingerprint density at radius 1 is 1.15 bits per heavy atom. The van der Waals surface area contributed by atoms with Gasteiger partial charge in [-0.25, -0.2) is 4.39 Å². The lowest BCUT2D eigenvalue weighted by atomic mass is 10.0. The second-order valence-electron chi connectivity index (χ2n) is 3.17. The van der Waals surface area contributed by atoms with E-state index >= 15 is 0 Å². The fourth-order valence-electron chi connectivity index (χ4n) is 1.84. The van der Waals surface area contributed by atoms with Crippen LogP contribution in [0.4, 0.5) is 4.39 Å². The van der Waals surface area contributed by atoms with Gasteiger partial charge in [0, 0.05) is 0 Å². The SMILES string of the molecule is CN.Cc1ccc(F)c2c1CCC2. The molecule has 0 aliphatic heterocycles. The first-order valence-corrected chi connectivity index (χ1v) is 4.63. The van der Waals surface area contributed by atoms with E-state index in [9.17, 15) is 4.39 Å². The molecule has 0 heterocycles. The molecule has 1 aromatic carbocycles. The third kappa shape index (κ3) is 1.89. The van der Waals surface area contributed by atoms with Crippen molar-refractivity contribution >= 4 is 0 Å². The minimum atomic E-state index is -0.0110. The second-order valence-corrected chi connectivity index (χ2v) is 3.17. The summed E-state index contributed by atoms with van der Waals surface area (Å²) in [6.45, 7) is 2.06. The summed E-state index contributed by atoms with van der Waals surface area (Å²) in [6, 6.07) is 3.46. The maximum atomic E-state index is 13.1. The van der Waals surface area contributed by atoms with Crippen molar-refractivity contribution in [2.24, 2.45) is 5.73 Å². The van der Waals surface area contributed by atoms with Crippen LogP contribution in [0.2, 0.25) is 0 Å². The molecule has 1 aliphatic rings. The first-order chi connectivity index (χ1) is 6.29. The van der Waals surface area contributed by atoms with E-state index < -0.39 is 0 Å². The molecule has 1 nitrogen and oxygen atoms in total. The number of benzene rings is 1. The zero-order valence-corrected chi connectivity index (χ0v) is 8.23. The molecule has 0 amide bonds. The topological polar surface area (TPSA) is 26.0 Å². The molecule has 0 atom stereocenters. The van der Waals surface area contributed by atoms with Gasteiger partial charge in [0.05, 0.1) is 0 Å². The average Bonchev–Trinajstić information content (AvgIpc) is 2.64. The van der Waals surface area contributed by atoms with E-state index in [1.807, 2.05) is 6.07 Å². The highest BCUT2D eigenvalue weighted by Crippen LogP contribution is 2.26. The van der Waals surface area contributed by atoms with Crippen LogP contribution in [0.1, 0.15) is 23.1 Å². The van der Waals surface area contributed by atoms with Gasteiger partial charge in [-0.05, 0) is 56.0 Å². The fraction of sp³-hybridized carbons (Fsp3) is 0.455. The van der Waals surface area contributed by atoms with Crippen molar-refractivity contribution in [2.75, 3.05) is 7.05 Å². The Kier molecular flexibility index (Phi) is 3.43. The lowest BCUT2D eigenvalue weighted by molar-refractivity contribution is 0.612. The molecule has 2 N–H and O–H groups in total. The third-order valence-corrected chi connectivity index (χ3v) is 2.46. The average molecular weight is 181 g/mol. The monoisotopic (exact) mass is 181 g/mol. The van der Waals surface area contributed by atoms with Crippen LogP contribution < -0.4 is 5.73 Å². The second kappa shape index (κ2) is 4.38. The maximum Gasteiger partial charge on any atom is 0.126 e. The van der Waals surface area contributed by atoms with Crippen LogP contribution in [0.25, 0.3) is 0 Å². The molecule has 0 saturated carbocycles. The highest BCUT2D eigenvalue weighted by molar-refractivity contribution is 5.38. The van der Waals surface area contributed by atoms with Crippen molar-refractivity contribution in [1.29, 1.82) is 0 Å². The molecule has 0 saturated heterocycles. The zero-order chi connectivity index (χ0) is 9.84. The molecule has 1 aliphatic carbocycles. The van der Waals surface area contributed by atoms with Crippen LogP contribution in [0.5, 0.6) is 0 Å². The van der Waals surface area contributed by atoms with Crippen LogP contribution in [0.15, 0.2) is 12.1 Å². The van der Waals surface area contributed by atoms with Crippen molar-refractivity contribution in [2.45, 2.75) is 26.2 Å². The maximum absolute atomic E-state index is 13.1. The highest BCUT2D eigenvalue weighted by atomic mass is 19.1. The quantitative estimate of drug-likeness (QED) is 0.652. The smallest absolute Gasteiger partial charge is 0.126 e. The molecule has 72 valence electrons.